The lowest BCUT2D eigenvalue weighted by Crippen LogP contribution is -2.44. The predicted molar refractivity (Wildman–Crippen MR) is 81.1 cm³/mol. The fraction of sp³-hybridized carbons (Fsp3) is 0.571. The van der Waals surface area contributed by atoms with Crippen molar-refractivity contribution >= 4 is 15.7 Å². The first-order valence-corrected chi connectivity index (χ1v) is 8.29. The molecule has 0 amide bonds. The number of piperidine rings is 1. The van der Waals surface area contributed by atoms with Crippen LogP contribution in [0.25, 0.3) is 0 Å². The molecule has 112 valence electrons. The van der Waals surface area contributed by atoms with Crippen molar-refractivity contribution in [2.24, 2.45) is 0 Å². The van der Waals surface area contributed by atoms with Gasteiger partial charge in [0.2, 0.25) is 10.0 Å². The Balaban J connectivity index is 2.23. The molecular formula is C14H23N3O2S. The van der Waals surface area contributed by atoms with Crippen LogP contribution in [0.4, 0.5) is 5.69 Å². The molecule has 0 radical (unpaired) electrons. The average Bonchev–Trinajstić information content (AvgIpc) is 2.41. The number of anilines is 1. The fourth-order valence-electron chi connectivity index (χ4n) is 2.50. The number of nitrogens with two attached hydrogens (primary N) is 1. The van der Waals surface area contributed by atoms with E-state index in [-0.39, 0.29) is 10.9 Å². The van der Waals surface area contributed by atoms with Gasteiger partial charge in [0.25, 0.3) is 0 Å². The molecule has 1 heterocycles. The number of hydrogen-bond donors (Lipinski definition) is 1. The van der Waals surface area contributed by atoms with Gasteiger partial charge >= 0.3 is 0 Å². The van der Waals surface area contributed by atoms with Gasteiger partial charge in [-0.05, 0) is 57.6 Å². The number of nitrogen functional groups attached to an aromatic ring is 1. The van der Waals surface area contributed by atoms with Gasteiger partial charge in [0, 0.05) is 18.8 Å². The lowest BCUT2D eigenvalue weighted by molar-refractivity contribution is 0.197. The van der Waals surface area contributed by atoms with Gasteiger partial charge in [0.1, 0.15) is 0 Å². The molecule has 1 saturated heterocycles. The van der Waals surface area contributed by atoms with Crippen molar-refractivity contribution in [2.75, 3.05) is 32.9 Å². The van der Waals surface area contributed by atoms with Crippen LogP contribution in [0.3, 0.4) is 0 Å². The lowest BCUT2D eigenvalue weighted by atomic mass is 10.1. The van der Waals surface area contributed by atoms with Crippen molar-refractivity contribution in [1.82, 2.24) is 9.21 Å². The zero-order chi connectivity index (χ0) is 14.9. The molecule has 20 heavy (non-hydrogen) atoms. The highest BCUT2D eigenvalue weighted by molar-refractivity contribution is 7.89. The molecule has 0 spiro atoms. The first kappa shape index (κ1) is 15.3. The summed E-state index contributed by atoms with van der Waals surface area (Å²) in [6.07, 6.45) is 1.74. The largest absolute Gasteiger partial charge is 0.398 e. The molecular weight excluding hydrogens is 274 g/mol. The van der Waals surface area contributed by atoms with E-state index in [0.717, 1.165) is 31.5 Å². The van der Waals surface area contributed by atoms with Gasteiger partial charge in [-0.15, -0.1) is 0 Å². The number of rotatable bonds is 3. The van der Waals surface area contributed by atoms with Crippen LogP contribution in [-0.4, -0.2) is 50.8 Å². The smallest absolute Gasteiger partial charge is 0.243 e. The van der Waals surface area contributed by atoms with Crippen LogP contribution in [0.1, 0.15) is 18.4 Å². The van der Waals surface area contributed by atoms with Crippen LogP contribution in [-0.2, 0) is 10.0 Å². The SMILES string of the molecule is Cc1ccc(S(=O)(=O)N(C)C2CCN(C)CC2)cc1N. The van der Waals surface area contributed by atoms with Crippen LogP contribution in [0, 0.1) is 6.92 Å². The third-order valence-corrected chi connectivity index (χ3v) is 6.04. The Labute approximate surface area is 121 Å². The summed E-state index contributed by atoms with van der Waals surface area (Å²) in [4.78, 5) is 2.50. The number of aryl methyl sites for hydroxylation is 1. The minimum absolute atomic E-state index is 0.0683. The second-order valence-electron chi connectivity index (χ2n) is 5.57. The summed E-state index contributed by atoms with van der Waals surface area (Å²) in [5, 5.41) is 0. The third-order valence-electron chi connectivity index (χ3n) is 4.13. The molecule has 2 rings (SSSR count). The number of nitrogens with zero attached hydrogens (tertiary/aromatic N) is 2. The molecule has 2 N–H and O–H groups in total. The molecule has 0 atom stereocenters. The Hall–Kier alpha value is -1.11. The standard InChI is InChI=1S/C14H23N3O2S/c1-11-4-5-13(10-14(11)15)20(18,19)17(3)12-6-8-16(2)9-7-12/h4-5,10,12H,6-9,15H2,1-3H3. The molecule has 1 aliphatic heterocycles. The van der Waals surface area contributed by atoms with Crippen molar-refractivity contribution < 1.29 is 8.42 Å². The maximum Gasteiger partial charge on any atom is 0.243 e. The van der Waals surface area contributed by atoms with E-state index >= 15 is 0 Å². The van der Waals surface area contributed by atoms with E-state index in [0.29, 0.717) is 5.69 Å². The Kier molecular flexibility index (Phi) is 4.36. The minimum Gasteiger partial charge on any atom is -0.398 e. The summed E-state index contributed by atoms with van der Waals surface area (Å²) in [6.45, 7) is 3.73. The Morgan fingerprint density at radius 1 is 1.30 bits per heavy atom. The van der Waals surface area contributed by atoms with Crippen molar-refractivity contribution in [3.63, 3.8) is 0 Å². The number of likely N-dealkylation sites (tertiary alicyclic amines) is 1. The fourth-order valence-corrected chi connectivity index (χ4v) is 3.95. The second-order valence-corrected chi connectivity index (χ2v) is 7.57. The molecule has 1 aliphatic rings. The van der Waals surface area contributed by atoms with Crippen LogP contribution >= 0.6 is 0 Å². The van der Waals surface area contributed by atoms with Gasteiger partial charge in [0.15, 0.2) is 0 Å². The van der Waals surface area contributed by atoms with Crippen LogP contribution in [0.15, 0.2) is 23.1 Å². The van der Waals surface area contributed by atoms with Gasteiger partial charge in [-0.3, -0.25) is 0 Å². The Morgan fingerprint density at radius 2 is 1.90 bits per heavy atom. The minimum atomic E-state index is -3.46. The summed E-state index contributed by atoms with van der Waals surface area (Å²) in [6, 6.07) is 5.01. The van der Waals surface area contributed by atoms with Gasteiger partial charge in [-0.2, -0.15) is 4.31 Å². The molecule has 0 bridgehead atoms. The second kappa shape index (κ2) is 5.71. The zero-order valence-electron chi connectivity index (χ0n) is 12.3. The number of sulfonamides is 1. The monoisotopic (exact) mass is 297 g/mol. The van der Waals surface area contributed by atoms with Crippen molar-refractivity contribution in [1.29, 1.82) is 0 Å². The van der Waals surface area contributed by atoms with Crippen LogP contribution < -0.4 is 5.73 Å². The topological polar surface area (TPSA) is 66.6 Å². The number of benzene rings is 1. The summed E-state index contributed by atoms with van der Waals surface area (Å²) >= 11 is 0. The maximum atomic E-state index is 12.6. The van der Waals surface area contributed by atoms with E-state index in [1.807, 2.05) is 6.92 Å². The summed E-state index contributed by atoms with van der Waals surface area (Å²) in [5.74, 6) is 0. The highest BCUT2D eigenvalue weighted by Gasteiger charge is 2.30. The molecule has 1 aromatic rings. The first-order valence-electron chi connectivity index (χ1n) is 6.85. The molecule has 0 aliphatic carbocycles. The van der Waals surface area contributed by atoms with Crippen molar-refractivity contribution in [3.8, 4) is 0 Å². The van der Waals surface area contributed by atoms with Gasteiger partial charge in [-0.1, -0.05) is 6.07 Å². The van der Waals surface area contributed by atoms with Gasteiger partial charge in [-0.25, -0.2) is 8.42 Å². The summed E-state index contributed by atoms with van der Waals surface area (Å²) < 4.78 is 26.8. The quantitative estimate of drug-likeness (QED) is 0.854. The molecule has 1 fully saturated rings. The maximum absolute atomic E-state index is 12.6. The van der Waals surface area contributed by atoms with Crippen molar-refractivity contribution in [2.45, 2.75) is 30.7 Å². The average molecular weight is 297 g/mol. The molecule has 6 heteroatoms. The van der Waals surface area contributed by atoms with E-state index < -0.39 is 10.0 Å². The van der Waals surface area contributed by atoms with E-state index in [1.165, 1.54) is 4.31 Å². The molecule has 5 nitrogen and oxygen atoms in total. The normalized spacial score (nSPS) is 18.6. The van der Waals surface area contributed by atoms with Crippen LogP contribution in [0.5, 0.6) is 0 Å². The summed E-state index contributed by atoms with van der Waals surface area (Å²) in [5.41, 5.74) is 7.24. The first-order chi connectivity index (χ1) is 9.32. The zero-order valence-corrected chi connectivity index (χ0v) is 13.2. The molecule has 0 saturated carbocycles. The van der Waals surface area contributed by atoms with E-state index in [4.69, 9.17) is 5.73 Å². The van der Waals surface area contributed by atoms with Crippen LogP contribution in [0.2, 0.25) is 0 Å². The molecule has 0 unspecified atom stereocenters. The van der Waals surface area contributed by atoms with Gasteiger partial charge in [0.05, 0.1) is 4.90 Å². The lowest BCUT2D eigenvalue weighted by Gasteiger charge is -2.34. The van der Waals surface area contributed by atoms with E-state index in [1.54, 1.807) is 25.2 Å². The van der Waals surface area contributed by atoms with E-state index in [9.17, 15) is 8.42 Å². The Bertz CT molecular complexity index is 578. The third kappa shape index (κ3) is 2.97. The molecule has 0 aromatic heterocycles. The van der Waals surface area contributed by atoms with Gasteiger partial charge < -0.3 is 10.6 Å². The van der Waals surface area contributed by atoms with Crippen molar-refractivity contribution in [3.05, 3.63) is 23.8 Å². The van der Waals surface area contributed by atoms with E-state index in [2.05, 4.69) is 11.9 Å². The summed E-state index contributed by atoms with van der Waals surface area (Å²) in [7, 11) is 0.268. The Morgan fingerprint density at radius 3 is 2.45 bits per heavy atom. The number of hydrogen-bond acceptors (Lipinski definition) is 4. The predicted octanol–water partition coefficient (Wildman–Crippen LogP) is 1.29. The highest BCUT2D eigenvalue weighted by atomic mass is 32.2. The highest BCUT2D eigenvalue weighted by Crippen LogP contribution is 2.24. The molecule has 1 aromatic carbocycles.